The molecule has 0 spiro atoms. The number of piperidine rings is 1. The zero-order valence-corrected chi connectivity index (χ0v) is 18.4. The van der Waals surface area contributed by atoms with Gasteiger partial charge in [-0.3, -0.25) is 4.79 Å². The number of halogens is 4. The molecule has 2 aromatic heterocycles. The number of nitrogens with zero attached hydrogens (tertiary/aromatic N) is 4. The van der Waals surface area contributed by atoms with Crippen LogP contribution in [0.4, 0.5) is 23.4 Å². The number of carbonyl (C=O) groups excluding carboxylic acids is 1. The number of carbonyl (C=O) groups is 1. The molecule has 1 fully saturated rings. The van der Waals surface area contributed by atoms with E-state index < -0.39 is 24.2 Å². The van der Waals surface area contributed by atoms with E-state index in [2.05, 4.69) is 15.3 Å². The van der Waals surface area contributed by atoms with Gasteiger partial charge in [-0.1, -0.05) is 12.1 Å². The van der Waals surface area contributed by atoms with Gasteiger partial charge in [0.05, 0.1) is 18.3 Å². The van der Waals surface area contributed by atoms with Crippen LogP contribution in [0.5, 0.6) is 0 Å². The first-order chi connectivity index (χ1) is 15.5. The summed E-state index contributed by atoms with van der Waals surface area (Å²) in [5.74, 6) is 0.288. The van der Waals surface area contributed by atoms with Crippen molar-refractivity contribution in [2.45, 2.75) is 38.0 Å². The average Bonchev–Trinajstić information content (AvgIpc) is 3.10. The molecule has 1 aliphatic heterocycles. The van der Waals surface area contributed by atoms with Gasteiger partial charge in [-0.05, 0) is 24.4 Å². The van der Waals surface area contributed by atoms with Crippen molar-refractivity contribution in [1.82, 2.24) is 19.4 Å². The van der Waals surface area contributed by atoms with Crippen LogP contribution in [-0.2, 0) is 11.8 Å². The number of aryl methyl sites for hydroxylation is 1. The van der Waals surface area contributed by atoms with Crippen LogP contribution in [-0.4, -0.2) is 56.8 Å². The molecule has 33 heavy (non-hydrogen) atoms. The molecular weight excluding hydrogens is 438 g/mol. The summed E-state index contributed by atoms with van der Waals surface area (Å²) < 4.78 is 54.4. The Morgan fingerprint density at radius 2 is 1.85 bits per heavy atom. The fourth-order valence-corrected chi connectivity index (χ4v) is 4.01. The lowest BCUT2D eigenvalue weighted by Crippen LogP contribution is -2.49. The molecule has 1 aliphatic rings. The summed E-state index contributed by atoms with van der Waals surface area (Å²) in [6.07, 6.45) is -2.12. The standard InChI is InChI=1S/C23H25F4N5O/c1-15-28-14-19(31(15)2)16-3-4-17-13-29-20(12-18(17)11-16)30-21(33)22(24)5-8-32(9-6-22)10-7-23(25,26)27/h3-4,11-14H,5-10H2,1-2H3,(H,29,30,33). The third-order valence-corrected chi connectivity index (χ3v) is 6.25. The van der Waals surface area contributed by atoms with Crippen LogP contribution in [0.15, 0.2) is 36.7 Å². The molecule has 3 aromatic rings. The molecule has 0 bridgehead atoms. The third kappa shape index (κ3) is 5.16. The predicted octanol–water partition coefficient (Wildman–Crippen LogP) is 4.64. The van der Waals surface area contributed by atoms with E-state index in [0.29, 0.717) is 0 Å². The van der Waals surface area contributed by atoms with E-state index in [1.807, 2.05) is 36.7 Å². The molecule has 0 saturated carbocycles. The van der Waals surface area contributed by atoms with Gasteiger partial charge in [-0.25, -0.2) is 14.4 Å². The van der Waals surface area contributed by atoms with Gasteiger partial charge in [0.25, 0.3) is 5.91 Å². The van der Waals surface area contributed by atoms with E-state index in [1.165, 1.54) is 4.90 Å². The number of aromatic nitrogens is 3. The number of likely N-dealkylation sites (tertiary alicyclic amines) is 1. The smallest absolute Gasteiger partial charge is 0.331 e. The van der Waals surface area contributed by atoms with Crippen LogP contribution >= 0.6 is 0 Å². The molecule has 3 heterocycles. The normalized spacial score (nSPS) is 16.8. The van der Waals surface area contributed by atoms with Crippen LogP contribution < -0.4 is 5.32 Å². The van der Waals surface area contributed by atoms with Gasteiger partial charge < -0.3 is 14.8 Å². The van der Waals surface area contributed by atoms with Crippen molar-refractivity contribution in [3.8, 4) is 11.3 Å². The Balaban J connectivity index is 1.45. The SMILES string of the molecule is Cc1ncc(-c2ccc3cnc(NC(=O)C4(F)CCN(CCC(F)(F)F)CC4)cc3c2)n1C. The second kappa shape index (κ2) is 8.74. The number of rotatable bonds is 5. The van der Waals surface area contributed by atoms with Gasteiger partial charge >= 0.3 is 6.18 Å². The Morgan fingerprint density at radius 3 is 2.48 bits per heavy atom. The minimum atomic E-state index is -4.25. The second-order valence-electron chi connectivity index (χ2n) is 8.51. The summed E-state index contributed by atoms with van der Waals surface area (Å²) in [7, 11) is 1.93. The molecule has 0 atom stereocenters. The van der Waals surface area contributed by atoms with Crippen molar-refractivity contribution in [2.75, 3.05) is 25.0 Å². The number of amides is 1. The maximum atomic E-state index is 15.2. The highest BCUT2D eigenvalue weighted by Gasteiger charge is 2.42. The van der Waals surface area contributed by atoms with Crippen molar-refractivity contribution in [1.29, 1.82) is 0 Å². The molecule has 0 aliphatic carbocycles. The summed E-state index contributed by atoms with van der Waals surface area (Å²) in [5.41, 5.74) is -0.251. The first-order valence-corrected chi connectivity index (χ1v) is 10.7. The van der Waals surface area contributed by atoms with Crippen LogP contribution in [0.1, 0.15) is 25.1 Å². The van der Waals surface area contributed by atoms with Crippen molar-refractivity contribution < 1.29 is 22.4 Å². The van der Waals surface area contributed by atoms with E-state index in [-0.39, 0.29) is 38.3 Å². The molecule has 0 radical (unpaired) electrons. The lowest BCUT2D eigenvalue weighted by Gasteiger charge is -2.35. The number of nitrogens with one attached hydrogen (secondary N) is 1. The molecule has 1 aromatic carbocycles. The number of hydrogen-bond acceptors (Lipinski definition) is 4. The molecule has 4 rings (SSSR count). The highest BCUT2D eigenvalue weighted by atomic mass is 19.4. The van der Waals surface area contributed by atoms with Crippen LogP contribution in [0.3, 0.4) is 0 Å². The summed E-state index contributed by atoms with van der Waals surface area (Å²) in [4.78, 5) is 22.7. The largest absolute Gasteiger partial charge is 0.390 e. The Bertz CT molecular complexity index is 1170. The zero-order chi connectivity index (χ0) is 23.8. The summed E-state index contributed by atoms with van der Waals surface area (Å²) in [5, 5.41) is 4.24. The lowest BCUT2D eigenvalue weighted by molar-refractivity contribution is -0.141. The Hall–Kier alpha value is -3.01. The van der Waals surface area contributed by atoms with Crippen LogP contribution in [0.2, 0.25) is 0 Å². The lowest BCUT2D eigenvalue weighted by atomic mass is 9.92. The monoisotopic (exact) mass is 463 g/mol. The fraction of sp³-hybridized carbons (Fsp3) is 0.435. The minimum Gasteiger partial charge on any atom is -0.331 e. The first-order valence-electron chi connectivity index (χ1n) is 10.7. The zero-order valence-electron chi connectivity index (χ0n) is 18.4. The highest BCUT2D eigenvalue weighted by molar-refractivity contribution is 5.98. The van der Waals surface area contributed by atoms with E-state index in [4.69, 9.17) is 0 Å². The second-order valence-corrected chi connectivity index (χ2v) is 8.51. The fourth-order valence-electron chi connectivity index (χ4n) is 4.01. The van der Waals surface area contributed by atoms with Crippen molar-refractivity contribution in [3.63, 3.8) is 0 Å². The third-order valence-electron chi connectivity index (χ3n) is 6.25. The van der Waals surface area contributed by atoms with Crippen molar-refractivity contribution in [3.05, 3.63) is 42.5 Å². The maximum absolute atomic E-state index is 15.2. The van der Waals surface area contributed by atoms with Gasteiger partial charge in [0.2, 0.25) is 0 Å². The number of alkyl halides is 4. The topological polar surface area (TPSA) is 63.1 Å². The number of imidazole rings is 1. The van der Waals surface area contributed by atoms with E-state index in [1.54, 1.807) is 18.5 Å². The molecule has 176 valence electrons. The summed E-state index contributed by atoms with van der Waals surface area (Å²) in [6, 6.07) is 7.51. The van der Waals surface area contributed by atoms with Crippen molar-refractivity contribution in [2.24, 2.45) is 7.05 Å². The van der Waals surface area contributed by atoms with Crippen LogP contribution in [0, 0.1) is 6.92 Å². The molecule has 10 heteroatoms. The van der Waals surface area contributed by atoms with Crippen molar-refractivity contribution >= 4 is 22.5 Å². The molecule has 1 amide bonds. The number of hydrogen-bond donors (Lipinski definition) is 1. The molecule has 6 nitrogen and oxygen atoms in total. The van der Waals surface area contributed by atoms with Gasteiger partial charge in [-0.2, -0.15) is 13.2 Å². The number of benzene rings is 1. The summed E-state index contributed by atoms with van der Waals surface area (Å²) >= 11 is 0. The first kappa shape index (κ1) is 23.2. The van der Waals surface area contributed by atoms with Gasteiger partial charge in [0.15, 0.2) is 5.67 Å². The predicted molar refractivity (Wildman–Crippen MR) is 117 cm³/mol. The Labute approximate surface area is 188 Å². The molecular formula is C23H25F4N5O. The van der Waals surface area contributed by atoms with Gasteiger partial charge in [0, 0.05) is 56.7 Å². The van der Waals surface area contributed by atoms with Crippen LogP contribution in [0.25, 0.3) is 22.0 Å². The summed E-state index contributed by atoms with van der Waals surface area (Å²) in [6.45, 7) is 1.92. The maximum Gasteiger partial charge on any atom is 0.390 e. The number of pyridine rings is 1. The number of anilines is 1. The van der Waals surface area contributed by atoms with E-state index in [9.17, 15) is 18.0 Å². The average molecular weight is 463 g/mol. The molecule has 0 unspecified atom stereocenters. The van der Waals surface area contributed by atoms with E-state index in [0.717, 1.165) is 27.9 Å². The van der Waals surface area contributed by atoms with E-state index >= 15 is 4.39 Å². The van der Waals surface area contributed by atoms with Gasteiger partial charge in [0.1, 0.15) is 11.6 Å². The van der Waals surface area contributed by atoms with Gasteiger partial charge in [-0.15, -0.1) is 0 Å². The molecule has 1 N–H and O–H groups in total. The minimum absolute atomic E-state index is 0.0959. The Morgan fingerprint density at radius 1 is 1.12 bits per heavy atom. The number of fused-ring (bicyclic) bond motifs is 1. The highest BCUT2D eigenvalue weighted by Crippen LogP contribution is 2.30. The molecule has 1 saturated heterocycles. The Kier molecular flexibility index (Phi) is 6.13. The quantitative estimate of drug-likeness (QED) is 0.560.